The van der Waals surface area contributed by atoms with E-state index in [0.717, 1.165) is 15.6 Å². The maximum absolute atomic E-state index is 12.0. The first kappa shape index (κ1) is 17.0. The van der Waals surface area contributed by atoms with Crippen LogP contribution in [0.15, 0.2) is 47.1 Å². The van der Waals surface area contributed by atoms with Crippen LogP contribution in [0.3, 0.4) is 0 Å². The van der Waals surface area contributed by atoms with Gasteiger partial charge in [0.1, 0.15) is 5.75 Å². The summed E-state index contributed by atoms with van der Waals surface area (Å²) in [6.07, 6.45) is 4.82. The molecule has 0 aliphatic rings. The van der Waals surface area contributed by atoms with Crippen LogP contribution in [0.2, 0.25) is 0 Å². The first-order valence-corrected chi connectivity index (χ1v) is 7.70. The number of aromatic nitrogens is 1. The van der Waals surface area contributed by atoms with Crippen LogP contribution in [0.1, 0.15) is 11.1 Å². The van der Waals surface area contributed by atoms with Crippen molar-refractivity contribution in [3.8, 4) is 11.6 Å². The third-order valence-electron chi connectivity index (χ3n) is 3.10. The third-order valence-corrected chi connectivity index (χ3v) is 3.60. The van der Waals surface area contributed by atoms with Crippen LogP contribution >= 0.6 is 15.9 Å². The predicted octanol–water partition coefficient (Wildman–Crippen LogP) is 3.19. The Balaban J connectivity index is 2.01. The van der Waals surface area contributed by atoms with Gasteiger partial charge in [0.15, 0.2) is 0 Å². The number of hydrogen-bond acceptors (Lipinski definition) is 4. The Labute approximate surface area is 143 Å². The summed E-state index contributed by atoms with van der Waals surface area (Å²) in [5.41, 5.74) is 1.63. The molecule has 0 aliphatic carbocycles. The first-order valence-electron chi connectivity index (χ1n) is 6.91. The molecule has 0 aliphatic heterocycles. The van der Waals surface area contributed by atoms with Crippen molar-refractivity contribution in [2.24, 2.45) is 0 Å². The summed E-state index contributed by atoms with van der Waals surface area (Å²) in [4.78, 5) is 16.0. The smallest absolute Gasteiger partial charge is 0.244 e. The number of halogens is 1. The Morgan fingerprint density at radius 3 is 2.87 bits per heavy atom. The first-order chi connectivity index (χ1) is 11.1. The van der Waals surface area contributed by atoms with E-state index >= 15 is 0 Å². The molecule has 0 radical (unpaired) electrons. The summed E-state index contributed by atoms with van der Waals surface area (Å²) in [5, 5.41) is 2.80. The summed E-state index contributed by atoms with van der Waals surface area (Å²) >= 11 is 3.40. The normalized spacial score (nSPS) is 10.6. The minimum atomic E-state index is -0.210. The molecule has 0 saturated carbocycles. The standard InChI is InChI=1S/C17H17BrN2O3/c1-22-15-7-6-14(18)10-12(15)5-8-16(21)20-11-13-4-3-9-19-17(13)23-2/h3-10H,11H2,1-2H3,(H,20,21)/b8-5+. The molecule has 0 fully saturated rings. The molecule has 0 spiro atoms. The second-order valence-corrected chi connectivity index (χ2v) is 5.52. The topological polar surface area (TPSA) is 60.5 Å². The molecule has 2 aromatic rings. The van der Waals surface area contributed by atoms with Crippen molar-refractivity contribution in [1.82, 2.24) is 10.3 Å². The number of pyridine rings is 1. The van der Waals surface area contributed by atoms with Gasteiger partial charge in [0.05, 0.1) is 14.2 Å². The molecule has 1 heterocycles. The van der Waals surface area contributed by atoms with Gasteiger partial charge in [0, 0.05) is 34.4 Å². The van der Waals surface area contributed by atoms with Crippen molar-refractivity contribution in [1.29, 1.82) is 0 Å². The molecule has 2 rings (SSSR count). The monoisotopic (exact) mass is 376 g/mol. The van der Waals surface area contributed by atoms with Crippen LogP contribution in [0, 0.1) is 0 Å². The number of carbonyl (C=O) groups excluding carboxylic acids is 1. The summed E-state index contributed by atoms with van der Waals surface area (Å²) in [6, 6.07) is 9.25. The van der Waals surface area contributed by atoms with Gasteiger partial charge in [-0.2, -0.15) is 0 Å². The van der Waals surface area contributed by atoms with Crippen LogP contribution < -0.4 is 14.8 Å². The van der Waals surface area contributed by atoms with E-state index in [1.165, 1.54) is 6.08 Å². The van der Waals surface area contributed by atoms with Crippen molar-refractivity contribution in [2.45, 2.75) is 6.54 Å². The zero-order valence-electron chi connectivity index (χ0n) is 12.9. The Hall–Kier alpha value is -2.34. The quantitative estimate of drug-likeness (QED) is 0.786. The highest BCUT2D eigenvalue weighted by atomic mass is 79.9. The predicted molar refractivity (Wildman–Crippen MR) is 92.4 cm³/mol. The molecule has 1 N–H and O–H groups in total. The van der Waals surface area contributed by atoms with E-state index in [4.69, 9.17) is 9.47 Å². The SMILES string of the molecule is COc1ccc(Br)cc1/C=C/C(=O)NCc1cccnc1OC. The molecule has 0 bridgehead atoms. The molecule has 6 heteroatoms. The number of methoxy groups -OCH3 is 2. The summed E-state index contributed by atoms with van der Waals surface area (Å²) in [5.74, 6) is 0.995. The van der Waals surface area contributed by atoms with Crippen LogP contribution in [0.4, 0.5) is 0 Å². The van der Waals surface area contributed by atoms with E-state index in [9.17, 15) is 4.79 Å². The molecule has 120 valence electrons. The number of nitrogens with one attached hydrogen (secondary N) is 1. The van der Waals surface area contributed by atoms with Crippen LogP contribution in [0.25, 0.3) is 6.08 Å². The Kier molecular flexibility index (Phi) is 6.17. The fraction of sp³-hybridized carbons (Fsp3) is 0.176. The highest BCUT2D eigenvalue weighted by Gasteiger charge is 2.05. The molecule has 0 atom stereocenters. The van der Waals surface area contributed by atoms with E-state index in [-0.39, 0.29) is 5.91 Å². The maximum Gasteiger partial charge on any atom is 0.244 e. The number of hydrogen-bond donors (Lipinski definition) is 1. The Morgan fingerprint density at radius 2 is 2.13 bits per heavy atom. The van der Waals surface area contributed by atoms with Gasteiger partial charge in [0.2, 0.25) is 11.8 Å². The number of amides is 1. The maximum atomic E-state index is 12.0. The van der Waals surface area contributed by atoms with Crippen molar-refractivity contribution in [3.05, 3.63) is 58.2 Å². The van der Waals surface area contributed by atoms with E-state index in [1.54, 1.807) is 32.6 Å². The van der Waals surface area contributed by atoms with Gasteiger partial charge in [-0.15, -0.1) is 0 Å². The fourth-order valence-corrected chi connectivity index (χ4v) is 2.36. The summed E-state index contributed by atoms with van der Waals surface area (Å²) in [7, 11) is 3.14. The van der Waals surface area contributed by atoms with Gasteiger partial charge in [-0.3, -0.25) is 4.79 Å². The minimum absolute atomic E-state index is 0.210. The molecule has 0 unspecified atom stereocenters. The highest BCUT2D eigenvalue weighted by molar-refractivity contribution is 9.10. The lowest BCUT2D eigenvalue weighted by atomic mass is 10.2. The Morgan fingerprint density at radius 1 is 1.30 bits per heavy atom. The van der Waals surface area contributed by atoms with Gasteiger partial charge in [0.25, 0.3) is 0 Å². The average molecular weight is 377 g/mol. The van der Waals surface area contributed by atoms with Gasteiger partial charge >= 0.3 is 0 Å². The van der Waals surface area contributed by atoms with Crippen molar-refractivity contribution >= 4 is 27.9 Å². The van der Waals surface area contributed by atoms with Crippen LogP contribution in [-0.4, -0.2) is 25.1 Å². The van der Waals surface area contributed by atoms with Gasteiger partial charge < -0.3 is 14.8 Å². The van der Waals surface area contributed by atoms with Gasteiger partial charge in [-0.1, -0.05) is 22.0 Å². The molecule has 1 aromatic carbocycles. The van der Waals surface area contributed by atoms with E-state index < -0.39 is 0 Å². The molecular formula is C17H17BrN2O3. The number of rotatable bonds is 6. The van der Waals surface area contributed by atoms with E-state index in [1.807, 2.05) is 24.3 Å². The minimum Gasteiger partial charge on any atom is -0.496 e. The van der Waals surface area contributed by atoms with E-state index in [2.05, 4.69) is 26.2 Å². The average Bonchev–Trinajstić information content (AvgIpc) is 2.58. The second kappa shape index (κ2) is 8.33. The van der Waals surface area contributed by atoms with E-state index in [0.29, 0.717) is 18.2 Å². The highest BCUT2D eigenvalue weighted by Crippen LogP contribution is 2.24. The number of nitrogens with zero attached hydrogens (tertiary/aromatic N) is 1. The zero-order valence-corrected chi connectivity index (χ0v) is 14.5. The lowest BCUT2D eigenvalue weighted by molar-refractivity contribution is -0.116. The van der Waals surface area contributed by atoms with Crippen molar-refractivity contribution < 1.29 is 14.3 Å². The van der Waals surface area contributed by atoms with Gasteiger partial charge in [-0.05, 0) is 30.3 Å². The number of benzene rings is 1. The van der Waals surface area contributed by atoms with Crippen LogP contribution in [-0.2, 0) is 11.3 Å². The summed E-state index contributed by atoms with van der Waals surface area (Å²) < 4.78 is 11.3. The van der Waals surface area contributed by atoms with Crippen LogP contribution in [0.5, 0.6) is 11.6 Å². The van der Waals surface area contributed by atoms with Gasteiger partial charge in [-0.25, -0.2) is 4.98 Å². The molecule has 1 amide bonds. The molecule has 5 nitrogen and oxygen atoms in total. The lowest BCUT2D eigenvalue weighted by Crippen LogP contribution is -2.20. The molecule has 23 heavy (non-hydrogen) atoms. The number of carbonyl (C=O) groups is 1. The van der Waals surface area contributed by atoms with Crippen molar-refractivity contribution in [3.63, 3.8) is 0 Å². The third kappa shape index (κ3) is 4.82. The second-order valence-electron chi connectivity index (χ2n) is 4.61. The lowest BCUT2D eigenvalue weighted by Gasteiger charge is -2.07. The summed E-state index contributed by atoms with van der Waals surface area (Å²) in [6.45, 7) is 0.343. The largest absolute Gasteiger partial charge is 0.496 e. The fourth-order valence-electron chi connectivity index (χ4n) is 1.98. The Bertz CT molecular complexity index is 717. The molecule has 0 saturated heterocycles. The van der Waals surface area contributed by atoms with Crippen molar-refractivity contribution in [2.75, 3.05) is 14.2 Å². The molecule has 1 aromatic heterocycles. The zero-order chi connectivity index (χ0) is 16.7. The molecular weight excluding hydrogens is 360 g/mol. The number of ether oxygens (including phenoxy) is 2.